The molecule has 1 amide bonds. The van der Waals surface area contributed by atoms with E-state index in [1.54, 1.807) is 31.6 Å². The maximum atomic E-state index is 15.1. The number of aromatic nitrogens is 6. The van der Waals surface area contributed by atoms with Crippen LogP contribution in [0.15, 0.2) is 100 Å². The molecule has 6 rings (SSSR count). The average molecular weight is 727 g/mol. The molecular weight excluding hydrogens is 698 g/mol. The van der Waals surface area contributed by atoms with Crippen molar-refractivity contribution in [1.29, 1.82) is 0 Å². The van der Waals surface area contributed by atoms with Crippen LogP contribution < -0.4 is 21.3 Å². The SMILES string of the molecule is COCc1ncc(-c2ccc(SNc3cc(F)c(C(=O)N[C@@H](Cc4ccc(-n5c(=O)c6ccncc6n(C)c5=O)nc4)C(=O)O)cc3F)cc2)cn1. The first-order valence-electron chi connectivity index (χ1n) is 15.4. The predicted octanol–water partition coefficient (Wildman–Crippen LogP) is 3.91. The molecule has 0 spiro atoms. The molecule has 4 heterocycles. The highest BCUT2D eigenvalue weighted by Gasteiger charge is 2.25. The first-order chi connectivity index (χ1) is 25.0. The maximum Gasteiger partial charge on any atom is 0.337 e. The van der Waals surface area contributed by atoms with E-state index in [9.17, 15) is 24.3 Å². The number of pyridine rings is 2. The zero-order chi connectivity index (χ0) is 36.9. The van der Waals surface area contributed by atoms with Gasteiger partial charge in [-0.25, -0.2) is 37.9 Å². The quantitative estimate of drug-likeness (QED) is 0.155. The zero-order valence-corrected chi connectivity index (χ0v) is 28.2. The largest absolute Gasteiger partial charge is 0.480 e. The topological polar surface area (TPSA) is 183 Å². The minimum atomic E-state index is -1.56. The summed E-state index contributed by atoms with van der Waals surface area (Å²) in [7, 11) is 3.04. The number of carboxylic acids is 1. The highest BCUT2D eigenvalue weighted by molar-refractivity contribution is 8.00. The monoisotopic (exact) mass is 726 g/mol. The molecule has 3 N–H and O–H groups in total. The Kier molecular flexibility index (Phi) is 10.4. The van der Waals surface area contributed by atoms with Crippen molar-refractivity contribution < 1.29 is 28.2 Å². The minimum absolute atomic E-state index is 0.00949. The summed E-state index contributed by atoms with van der Waals surface area (Å²) in [5.74, 6) is -4.07. The number of hydrogen-bond donors (Lipinski definition) is 3. The number of hydrogen-bond acceptors (Lipinski definition) is 11. The number of benzene rings is 2. The van der Waals surface area contributed by atoms with Crippen molar-refractivity contribution in [2.24, 2.45) is 7.05 Å². The number of amides is 1. The molecule has 0 saturated heterocycles. The molecule has 17 heteroatoms. The van der Waals surface area contributed by atoms with E-state index in [0.29, 0.717) is 34.5 Å². The summed E-state index contributed by atoms with van der Waals surface area (Å²) in [6, 6.07) is 11.4. The number of nitrogens with zero attached hydrogens (tertiary/aromatic N) is 6. The Morgan fingerprint density at radius 1 is 0.942 bits per heavy atom. The van der Waals surface area contributed by atoms with Gasteiger partial charge in [-0.3, -0.25) is 19.1 Å². The van der Waals surface area contributed by atoms with Crippen molar-refractivity contribution in [2.75, 3.05) is 11.8 Å². The molecule has 0 radical (unpaired) electrons. The molecule has 0 unspecified atom stereocenters. The summed E-state index contributed by atoms with van der Waals surface area (Å²) in [5, 5.41) is 12.3. The highest BCUT2D eigenvalue weighted by atomic mass is 32.2. The van der Waals surface area contributed by atoms with Crippen LogP contribution in [0.3, 0.4) is 0 Å². The van der Waals surface area contributed by atoms with E-state index in [1.807, 2.05) is 12.1 Å². The average Bonchev–Trinajstić information content (AvgIpc) is 3.15. The summed E-state index contributed by atoms with van der Waals surface area (Å²) in [6.07, 6.45) is 7.12. The van der Waals surface area contributed by atoms with E-state index >= 15 is 8.78 Å². The van der Waals surface area contributed by atoms with Crippen LogP contribution in [0.1, 0.15) is 21.7 Å². The summed E-state index contributed by atoms with van der Waals surface area (Å²) in [4.78, 5) is 68.3. The number of carbonyl (C=O) groups is 2. The number of carbonyl (C=O) groups excluding carboxylic acids is 1. The third kappa shape index (κ3) is 7.54. The third-order valence-electron chi connectivity index (χ3n) is 7.90. The van der Waals surface area contributed by atoms with Gasteiger partial charge in [-0.1, -0.05) is 18.2 Å². The highest BCUT2D eigenvalue weighted by Crippen LogP contribution is 2.28. The number of anilines is 1. The Morgan fingerprint density at radius 2 is 1.69 bits per heavy atom. The normalized spacial score (nSPS) is 11.7. The molecule has 14 nitrogen and oxygen atoms in total. The number of methoxy groups -OCH3 is 1. The fraction of sp³-hybridized carbons (Fsp3) is 0.143. The molecule has 0 saturated carbocycles. The Hall–Kier alpha value is -6.33. The zero-order valence-electron chi connectivity index (χ0n) is 27.4. The van der Waals surface area contributed by atoms with Crippen LogP contribution in [-0.2, 0) is 29.6 Å². The van der Waals surface area contributed by atoms with E-state index in [0.717, 1.165) is 33.7 Å². The van der Waals surface area contributed by atoms with Gasteiger partial charge >= 0.3 is 11.7 Å². The van der Waals surface area contributed by atoms with Gasteiger partial charge in [0.1, 0.15) is 30.1 Å². The van der Waals surface area contributed by atoms with Crippen LogP contribution >= 0.6 is 11.9 Å². The van der Waals surface area contributed by atoms with E-state index in [1.165, 1.54) is 48.4 Å². The van der Waals surface area contributed by atoms with Crippen molar-refractivity contribution >= 4 is 40.4 Å². The van der Waals surface area contributed by atoms with Gasteiger partial charge in [-0.15, -0.1) is 0 Å². The van der Waals surface area contributed by atoms with Crippen molar-refractivity contribution in [3.05, 3.63) is 135 Å². The number of fused-ring (bicyclic) bond motifs is 1. The van der Waals surface area contributed by atoms with Gasteiger partial charge in [0.25, 0.3) is 11.5 Å². The lowest BCUT2D eigenvalue weighted by molar-refractivity contribution is -0.139. The van der Waals surface area contributed by atoms with Crippen LogP contribution in [0.25, 0.3) is 27.8 Å². The number of nitrogens with one attached hydrogen (secondary N) is 2. The standard InChI is InChI=1S/C35H28F2N8O6S/c1-44-29-17-38-10-9-23(29)33(47)45(35(44)50)31-8-3-19(14-41-31)11-28(34(48)49)42-32(46)24-12-26(37)27(13-25(24)36)43-52-22-6-4-20(5-7-22)21-15-39-30(18-51-2)40-16-21/h3-10,12-17,28,43H,11,18H2,1-2H3,(H,42,46)(H,48,49)/t28-/m0/s1. The fourth-order valence-electron chi connectivity index (χ4n) is 5.17. The lowest BCUT2D eigenvalue weighted by Crippen LogP contribution is -2.42. The molecule has 0 aliphatic heterocycles. The number of aliphatic carboxylic acids is 1. The molecule has 264 valence electrons. The van der Waals surface area contributed by atoms with Gasteiger partial charge in [-0.2, -0.15) is 0 Å². The Bertz CT molecular complexity index is 2410. The van der Waals surface area contributed by atoms with Gasteiger partial charge < -0.3 is 19.9 Å². The molecule has 0 aliphatic carbocycles. The van der Waals surface area contributed by atoms with E-state index in [-0.39, 0.29) is 23.3 Å². The minimum Gasteiger partial charge on any atom is -0.480 e. The van der Waals surface area contributed by atoms with Gasteiger partial charge in [0, 0.05) is 61.9 Å². The van der Waals surface area contributed by atoms with Gasteiger partial charge in [-0.05, 0) is 53.4 Å². The molecule has 0 aliphatic rings. The lowest BCUT2D eigenvalue weighted by Gasteiger charge is -2.16. The Labute approximate surface area is 297 Å². The maximum absolute atomic E-state index is 15.1. The van der Waals surface area contributed by atoms with Gasteiger partial charge in [0.05, 0.1) is 28.4 Å². The first-order valence-corrected chi connectivity index (χ1v) is 16.2. The molecular formula is C35H28F2N8O6S. The second kappa shape index (κ2) is 15.3. The van der Waals surface area contributed by atoms with Crippen molar-refractivity contribution in [3.63, 3.8) is 0 Å². The van der Waals surface area contributed by atoms with Crippen molar-refractivity contribution in [2.45, 2.75) is 24.0 Å². The van der Waals surface area contributed by atoms with Gasteiger partial charge in [0.15, 0.2) is 5.82 Å². The van der Waals surface area contributed by atoms with Crippen molar-refractivity contribution in [3.8, 4) is 16.9 Å². The summed E-state index contributed by atoms with van der Waals surface area (Å²) >= 11 is 1.01. The second-order valence-electron chi connectivity index (χ2n) is 11.3. The molecule has 6 aromatic rings. The van der Waals surface area contributed by atoms with Crippen LogP contribution in [0.4, 0.5) is 14.5 Å². The molecule has 4 aromatic heterocycles. The summed E-state index contributed by atoms with van der Waals surface area (Å²) < 4.78 is 40.0. The summed E-state index contributed by atoms with van der Waals surface area (Å²) in [6.45, 7) is 0.296. The van der Waals surface area contributed by atoms with Crippen LogP contribution in [0.5, 0.6) is 0 Å². The van der Waals surface area contributed by atoms with Crippen molar-refractivity contribution in [1.82, 2.24) is 34.4 Å². The van der Waals surface area contributed by atoms with E-state index in [2.05, 4.69) is 30.0 Å². The molecule has 1 atom stereocenters. The van der Waals surface area contributed by atoms with Gasteiger partial charge in [0.2, 0.25) is 0 Å². The Morgan fingerprint density at radius 3 is 2.37 bits per heavy atom. The summed E-state index contributed by atoms with van der Waals surface area (Å²) in [5.41, 5.74) is 0.0739. The number of carboxylic acid groups (broad SMARTS) is 1. The third-order valence-corrected chi connectivity index (χ3v) is 8.73. The predicted molar refractivity (Wildman–Crippen MR) is 187 cm³/mol. The molecule has 0 bridgehead atoms. The first kappa shape index (κ1) is 35.5. The van der Waals surface area contributed by atoms with Crippen LogP contribution in [-0.4, -0.2) is 59.2 Å². The second-order valence-corrected chi connectivity index (χ2v) is 12.2. The number of rotatable bonds is 12. The number of aryl methyl sites for hydroxylation is 1. The van der Waals surface area contributed by atoms with E-state index < -0.39 is 46.4 Å². The fourth-order valence-corrected chi connectivity index (χ4v) is 5.83. The molecule has 0 fully saturated rings. The van der Waals surface area contributed by atoms with Crippen LogP contribution in [0, 0.1) is 11.6 Å². The Balaban J connectivity index is 1.10. The van der Waals surface area contributed by atoms with Crippen LogP contribution in [0.2, 0.25) is 0 Å². The van der Waals surface area contributed by atoms with E-state index in [4.69, 9.17) is 4.74 Å². The lowest BCUT2D eigenvalue weighted by atomic mass is 10.1. The number of halogens is 2. The molecule has 52 heavy (non-hydrogen) atoms. The smallest absolute Gasteiger partial charge is 0.337 e. The number of ether oxygens (including phenoxy) is 1. The molecule has 2 aromatic carbocycles.